The number of hydrogen-bond donors (Lipinski definition) is 1. The van der Waals surface area contributed by atoms with Crippen LogP contribution in [0.2, 0.25) is 0 Å². The van der Waals surface area contributed by atoms with Gasteiger partial charge in [-0.05, 0) is 75.1 Å². The molecule has 2 aromatic rings. The third kappa shape index (κ3) is 3.98. The molecule has 0 unspecified atom stereocenters. The predicted molar refractivity (Wildman–Crippen MR) is 128 cm³/mol. The quantitative estimate of drug-likeness (QED) is 0.550. The van der Waals surface area contributed by atoms with Crippen molar-refractivity contribution in [3.8, 4) is 0 Å². The molecule has 1 aliphatic carbocycles. The molecule has 2 aromatic carbocycles. The summed E-state index contributed by atoms with van der Waals surface area (Å²) < 4.78 is 28.3. The van der Waals surface area contributed by atoms with Crippen LogP contribution in [0.4, 0.5) is 11.4 Å². The lowest BCUT2D eigenvalue weighted by molar-refractivity contribution is -0.110. The molecule has 0 atom stereocenters. The topological polar surface area (TPSA) is 86.8 Å². The van der Waals surface area contributed by atoms with Crippen molar-refractivity contribution < 1.29 is 18.0 Å². The number of allylic oxidation sites excluding steroid dienone is 1. The van der Waals surface area contributed by atoms with Gasteiger partial charge >= 0.3 is 0 Å². The minimum atomic E-state index is -3.67. The standard InChI is InChI=1S/C25H27N3O4S/c1-17(29)18-6-8-20(9-7-18)27-12-14-28(15-13-27)33(31,32)21-10-11-23-22(16-21)24(25(30)26-23)19-4-2-3-5-19/h6-11,16H,2-5,12-15H2,1H3,(H,26,30). The van der Waals surface area contributed by atoms with Crippen LogP contribution in [0, 0.1) is 0 Å². The first kappa shape index (κ1) is 21.9. The highest BCUT2D eigenvalue weighted by atomic mass is 32.2. The number of rotatable bonds is 4. The summed E-state index contributed by atoms with van der Waals surface area (Å²) in [6, 6.07) is 12.4. The van der Waals surface area contributed by atoms with Gasteiger partial charge in [-0.15, -0.1) is 0 Å². The number of fused-ring (bicyclic) bond motifs is 1. The molecular weight excluding hydrogens is 438 g/mol. The maximum Gasteiger partial charge on any atom is 0.256 e. The number of nitrogens with zero attached hydrogens (tertiary/aromatic N) is 2. The van der Waals surface area contributed by atoms with E-state index in [1.165, 1.54) is 11.2 Å². The Hall–Kier alpha value is -2.97. The van der Waals surface area contributed by atoms with Crippen LogP contribution in [0.1, 0.15) is 48.5 Å². The zero-order valence-corrected chi connectivity index (χ0v) is 19.5. The largest absolute Gasteiger partial charge is 0.369 e. The van der Waals surface area contributed by atoms with Crippen LogP contribution in [0.25, 0.3) is 5.57 Å². The Labute approximate surface area is 194 Å². The van der Waals surface area contributed by atoms with E-state index in [0.29, 0.717) is 48.6 Å². The molecule has 5 rings (SSSR count). The average Bonchev–Trinajstić information content (AvgIpc) is 3.45. The van der Waals surface area contributed by atoms with Crippen molar-refractivity contribution in [3.05, 3.63) is 59.2 Å². The SMILES string of the molecule is CC(=O)c1ccc(N2CCN(S(=O)(=O)c3ccc4c(c3)C(=C3CCCC3)C(=O)N4)CC2)cc1. The van der Waals surface area contributed by atoms with Crippen molar-refractivity contribution in [3.63, 3.8) is 0 Å². The number of piperazine rings is 1. The van der Waals surface area contributed by atoms with E-state index < -0.39 is 10.0 Å². The highest BCUT2D eigenvalue weighted by Gasteiger charge is 2.33. The predicted octanol–water partition coefficient (Wildman–Crippen LogP) is 3.68. The second-order valence-electron chi connectivity index (χ2n) is 8.84. The molecule has 7 nitrogen and oxygen atoms in total. The van der Waals surface area contributed by atoms with E-state index in [2.05, 4.69) is 10.2 Å². The molecule has 0 bridgehead atoms. The van der Waals surface area contributed by atoms with E-state index in [1.54, 1.807) is 30.3 Å². The highest BCUT2D eigenvalue weighted by molar-refractivity contribution is 7.89. The summed E-state index contributed by atoms with van der Waals surface area (Å²) in [5.74, 6) is -0.101. The molecule has 33 heavy (non-hydrogen) atoms. The summed E-state index contributed by atoms with van der Waals surface area (Å²) >= 11 is 0. The van der Waals surface area contributed by atoms with Crippen molar-refractivity contribution in [2.75, 3.05) is 36.4 Å². The number of nitrogens with one attached hydrogen (secondary N) is 1. The Balaban J connectivity index is 1.35. The Bertz CT molecular complexity index is 1250. The van der Waals surface area contributed by atoms with Crippen molar-refractivity contribution >= 4 is 38.7 Å². The number of anilines is 2. The third-order valence-corrected chi connectivity index (χ3v) is 8.71. The van der Waals surface area contributed by atoms with Gasteiger partial charge < -0.3 is 10.2 Å². The normalized spacial score (nSPS) is 19.1. The minimum Gasteiger partial charge on any atom is -0.369 e. The van der Waals surface area contributed by atoms with Gasteiger partial charge in [-0.3, -0.25) is 9.59 Å². The average molecular weight is 466 g/mol. The van der Waals surface area contributed by atoms with Gasteiger partial charge in [-0.1, -0.05) is 5.57 Å². The number of carbonyl (C=O) groups is 2. The van der Waals surface area contributed by atoms with Gasteiger partial charge in [0.1, 0.15) is 0 Å². The van der Waals surface area contributed by atoms with E-state index in [-0.39, 0.29) is 16.6 Å². The van der Waals surface area contributed by atoms with E-state index in [9.17, 15) is 18.0 Å². The fourth-order valence-corrected chi connectivity index (χ4v) is 6.40. The summed E-state index contributed by atoms with van der Waals surface area (Å²) in [5.41, 5.74) is 4.83. The number of amides is 1. The lowest BCUT2D eigenvalue weighted by atomic mass is 10.00. The Morgan fingerprint density at radius 1 is 0.939 bits per heavy atom. The zero-order chi connectivity index (χ0) is 23.2. The Kier molecular flexibility index (Phi) is 5.58. The van der Waals surface area contributed by atoms with Crippen LogP contribution in [-0.2, 0) is 14.8 Å². The maximum absolute atomic E-state index is 13.4. The third-order valence-electron chi connectivity index (χ3n) is 6.81. The van der Waals surface area contributed by atoms with Crippen LogP contribution in [-0.4, -0.2) is 50.6 Å². The molecule has 3 aliphatic rings. The molecule has 8 heteroatoms. The fourth-order valence-electron chi connectivity index (χ4n) is 4.95. The monoisotopic (exact) mass is 465 g/mol. The summed E-state index contributed by atoms with van der Waals surface area (Å²) in [6.45, 7) is 3.42. The summed E-state index contributed by atoms with van der Waals surface area (Å²) in [5, 5.41) is 2.88. The van der Waals surface area contributed by atoms with E-state index >= 15 is 0 Å². The van der Waals surface area contributed by atoms with Gasteiger partial charge in [-0.25, -0.2) is 8.42 Å². The van der Waals surface area contributed by atoms with Gasteiger partial charge in [0.25, 0.3) is 5.91 Å². The number of benzene rings is 2. The summed E-state index contributed by atoms with van der Waals surface area (Å²) in [6.07, 6.45) is 3.94. The van der Waals surface area contributed by atoms with Crippen molar-refractivity contribution in [1.82, 2.24) is 4.31 Å². The highest BCUT2D eigenvalue weighted by Crippen LogP contribution is 2.40. The van der Waals surface area contributed by atoms with Gasteiger partial charge in [0.2, 0.25) is 10.0 Å². The van der Waals surface area contributed by atoms with Crippen LogP contribution in [0.3, 0.4) is 0 Å². The van der Waals surface area contributed by atoms with Crippen LogP contribution < -0.4 is 10.2 Å². The van der Waals surface area contributed by atoms with Gasteiger partial charge in [0, 0.05) is 54.3 Å². The minimum absolute atomic E-state index is 0.0236. The first-order chi connectivity index (χ1) is 15.8. The van der Waals surface area contributed by atoms with Crippen molar-refractivity contribution in [2.24, 2.45) is 0 Å². The molecule has 0 spiro atoms. The zero-order valence-electron chi connectivity index (χ0n) is 18.6. The van der Waals surface area contributed by atoms with Crippen LogP contribution in [0.15, 0.2) is 52.9 Å². The molecule has 0 radical (unpaired) electrons. The number of ketones is 1. The van der Waals surface area contributed by atoms with Gasteiger partial charge in [-0.2, -0.15) is 4.31 Å². The molecule has 1 saturated carbocycles. The van der Waals surface area contributed by atoms with E-state index in [1.807, 2.05) is 12.1 Å². The molecule has 1 amide bonds. The molecule has 172 valence electrons. The molecule has 1 N–H and O–H groups in total. The van der Waals surface area contributed by atoms with Crippen molar-refractivity contribution in [2.45, 2.75) is 37.5 Å². The number of Topliss-reactive ketones (excluding diaryl/α,β-unsaturated/α-hetero) is 1. The first-order valence-electron chi connectivity index (χ1n) is 11.4. The number of hydrogen-bond acceptors (Lipinski definition) is 5. The van der Waals surface area contributed by atoms with Crippen LogP contribution >= 0.6 is 0 Å². The lowest BCUT2D eigenvalue weighted by Gasteiger charge is -2.35. The first-order valence-corrected chi connectivity index (χ1v) is 12.8. The van der Waals surface area contributed by atoms with Crippen molar-refractivity contribution in [1.29, 1.82) is 0 Å². The number of carbonyl (C=O) groups excluding carboxylic acids is 2. The molecule has 0 aromatic heterocycles. The molecular formula is C25H27N3O4S. The Morgan fingerprint density at radius 3 is 2.24 bits per heavy atom. The molecule has 2 fully saturated rings. The van der Waals surface area contributed by atoms with Gasteiger partial charge in [0.15, 0.2) is 5.78 Å². The molecule has 1 saturated heterocycles. The summed E-state index contributed by atoms with van der Waals surface area (Å²) in [4.78, 5) is 26.4. The van der Waals surface area contributed by atoms with Gasteiger partial charge in [0.05, 0.1) is 4.90 Å². The number of sulfonamides is 1. The fraction of sp³-hybridized carbons (Fsp3) is 0.360. The summed E-state index contributed by atoms with van der Waals surface area (Å²) in [7, 11) is -3.67. The maximum atomic E-state index is 13.4. The molecule has 2 heterocycles. The van der Waals surface area contributed by atoms with E-state index in [4.69, 9.17) is 0 Å². The second-order valence-corrected chi connectivity index (χ2v) is 10.8. The van der Waals surface area contributed by atoms with Crippen LogP contribution in [0.5, 0.6) is 0 Å². The van der Waals surface area contributed by atoms with E-state index in [0.717, 1.165) is 36.9 Å². The second kappa shape index (κ2) is 8.43. The smallest absolute Gasteiger partial charge is 0.256 e. The Morgan fingerprint density at radius 2 is 1.61 bits per heavy atom. The lowest BCUT2D eigenvalue weighted by Crippen LogP contribution is -2.48. The molecule has 2 aliphatic heterocycles.